The molecule has 2 nitrogen and oxygen atoms in total. The molecule has 0 unspecified atom stereocenters. The molecule has 0 spiro atoms. The van der Waals surface area contributed by atoms with Gasteiger partial charge in [-0.05, 0) is 79.1 Å². The van der Waals surface area contributed by atoms with Crippen LogP contribution < -0.4 is 9.64 Å². The van der Waals surface area contributed by atoms with Gasteiger partial charge >= 0.3 is 0 Å². The van der Waals surface area contributed by atoms with Crippen LogP contribution in [0.3, 0.4) is 0 Å². The highest BCUT2D eigenvalue weighted by atomic mass is 32.1. The van der Waals surface area contributed by atoms with Crippen LogP contribution in [0, 0.1) is 27.7 Å². The van der Waals surface area contributed by atoms with Crippen LogP contribution in [0.15, 0.2) is 48.5 Å². The molecule has 0 radical (unpaired) electrons. The summed E-state index contributed by atoms with van der Waals surface area (Å²) in [5.74, 6) is 1.90. The maximum atomic E-state index is 6.54. The SMILES string of the molecule is Cc1ccc2c(c1)Oc1c(sc3c(C)cccc13)N2c1c(C)cc(C(C)(C)C)cc1C. The lowest BCUT2D eigenvalue weighted by atomic mass is 9.84. The summed E-state index contributed by atoms with van der Waals surface area (Å²) in [4.78, 5) is 2.43. The lowest BCUT2D eigenvalue weighted by Crippen LogP contribution is -2.18. The lowest BCUT2D eigenvalue weighted by Gasteiger charge is -2.34. The van der Waals surface area contributed by atoms with Crippen molar-refractivity contribution in [2.24, 2.45) is 0 Å². The van der Waals surface area contributed by atoms with Crippen LogP contribution in [0.5, 0.6) is 11.5 Å². The number of hydrogen-bond donors (Lipinski definition) is 0. The number of thiophene rings is 1. The van der Waals surface area contributed by atoms with E-state index in [2.05, 4.69) is 102 Å². The van der Waals surface area contributed by atoms with Gasteiger partial charge in [0.1, 0.15) is 5.00 Å². The predicted molar refractivity (Wildman–Crippen MR) is 134 cm³/mol. The molecular formula is C28H29NOS. The molecule has 0 saturated heterocycles. The number of anilines is 3. The van der Waals surface area contributed by atoms with Crippen molar-refractivity contribution in [3.05, 3.63) is 76.3 Å². The normalized spacial score (nSPS) is 13.2. The van der Waals surface area contributed by atoms with Crippen LogP contribution in [-0.2, 0) is 5.41 Å². The first-order chi connectivity index (χ1) is 14.6. The van der Waals surface area contributed by atoms with Crippen LogP contribution in [-0.4, -0.2) is 0 Å². The topological polar surface area (TPSA) is 12.5 Å². The second-order valence-corrected chi connectivity index (χ2v) is 10.8. The van der Waals surface area contributed by atoms with Gasteiger partial charge in [0.25, 0.3) is 0 Å². The van der Waals surface area contributed by atoms with Gasteiger partial charge in [0.15, 0.2) is 11.5 Å². The molecule has 0 atom stereocenters. The van der Waals surface area contributed by atoms with E-state index in [1.165, 1.54) is 43.6 Å². The second-order valence-electron chi connectivity index (χ2n) is 9.81. The summed E-state index contributed by atoms with van der Waals surface area (Å²) in [5.41, 5.74) is 8.93. The standard InChI is InChI=1S/C28H29NOS/c1-16-11-12-22-23(13-16)30-25-21-10-8-9-17(2)26(21)31-27(25)29(22)24-18(3)14-20(15-19(24)4)28(5,6)7/h8-15H,1-7H3. The Bertz CT molecular complexity index is 1320. The van der Waals surface area contributed by atoms with E-state index in [1.807, 2.05) is 11.3 Å². The van der Waals surface area contributed by atoms with E-state index in [1.54, 1.807) is 0 Å². The first kappa shape index (κ1) is 20.1. The van der Waals surface area contributed by atoms with E-state index < -0.39 is 0 Å². The highest BCUT2D eigenvalue weighted by Crippen LogP contribution is 2.58. The minimum absolute atomic E-state index is 0.119. The largest absolute Gasteiger partial charge is 0.451 e. The van der Waals surface area contributed by atoms with Crippen LogP contribution >= 0.6 is 11.3 Å². The van der Waals surface area contributed by atoms with Crippen LogP contribution in [0.25, 0.3) is 10.1 Å². The Morgan fingerprint density at radius 3 is 2.23 bits per heavy atom. The molecule has 1 aromatic heterocycles. The number of ether oxygens (including phenoxy) is 1. The second kappa shape index (κ2) is 6.86. The van der Waals surface area contributed by atoms with Crippen molar-refractivity contribution in [2.75, 3.05) is 4.90 Å². The van der Waals surface area contributed by atoms with Gasteiger partial charge in [0, 0.05) is 10.1 Å². The Morgan fingerprint density at radius 1 is 0.839 bits per heavy atom. The first-order valence-electron chi connectivity index (χ1n) is 10.9. The molecule has 2 heterocycles. The van der Waals surface area contributed by atoms with Crippen molar-refractivity contribution in [2.45, 2.75) is 53.9 Å². The van der Waals surface area contributed by atoms with Crippen LogP contribution in [0.2, 0.25) is 0 Å². The number of fused-ring (bicyclic) bond motifs is 4. The Balaban J connectivity index is 1.82. The summed E-state index contributed by atoms with van der Waals surface area (Å²) in [5, 5.41) is 2.36. The molecule has 0 saturated carbocycles. The number of nitrogens with zero attached hydrogens (tertiary/aromatic N) is 1. The van der Waals surface area contributed by atoms with Crippen molar-refractivity contribution in [1.82, 2.24) is 0 Å². The van der Waals surface area contributed by atoms with Crippen molar-refractivity contribution in [3.8, 4) is 11.5 Å². The maximum Gasteiger partial charge on any atom is 0.170 e. The minimum atomic E-state index is 0.119. The van der Waals surface area contributed by atoms with E-state index in [0.29, 0.717) is 0 Å². The van der Waals surface area contributed by atoms with Gasteiger partial charge in [0.05, 0.1) is 11.4 Å². The Kier molecular flexibility index (Phi) is 4.46. The summed E-state index contributed by atoms with van der Waals surface area (Å²) in [7, 11) is 0. The van der Waals surface area contributed by atoms with Crippen molar-refractivity contribution < 1.29 is 4.74 Å². The number of hydrogen-bond acceptors (Lipinski definition) is 3. The molecule has 0 fully saturated rings. The van der Waals surface area contributed by atoms with Gasteiger partial charge in [-0.2, -0.15) is 0 Å². The Morgan fingerprint density at radius 2 is 1.55 bits per heavy atom. The van der Waals surface area contributed by atoms with Crippen molar-refractivity contribution in [1.29, 1.82) is 0 Å². The van der Waals surface area contributed by atoms with E-state index >= 15 is 0 Å². The molecule has 1 aliphatic heterocycles. The Hall–Kier alpha value is -2.78. The summed E-state index contributed by atoms with van der Waals surface area (Å²) in [6, 6.07) is 17.7. The number of rotatable bonds is 1. The molecule has 3 aromatic carbocycles. The average molecular weight is 428 g/mol. The highest BCUT2D eigenvalue weighted by Gasteiger charge is 2.32. The molecular weight excluding hydrogens is 398 g/mol. The third kappa shape index (κ3) is 3.14. The van der Waals surface area contributed by atoms with Crippen LogP contribution in [0.4, 0.5) is 16.4 Å². The third-order valence-electron chi connectivity index (χ3n) is 6.20. The summed E-state index contributed by atoms with van der Waals surface area (Å²) >= 11 is 1.83. The van der Waals surface area contributed by atoms with Gasteiger partial charge in [-0.15, -0.1) is 11.3 Å². The molecule has 158 valence electrons. The zero-order valence-corrected chi connectivity index (χ0v) is 20.2. The van der Waals surface area contributed by atoms with Crippen LogP contribution in [0.1, 0.15) is 48.6 Å². The minimum Gasteiger partial charge on any atom is -0.451 e. The molecule has 3 heteroatoms. The first-order valence-corrected chi connectivity index (χ1v) is 11.7. The van der Waals surface area contributed by atoms with Crippen molar-refractivity contribution in [3.63, 3.8) is 0 Å². The molecule has 1 aliphatic rings. The van der Waals surface area contributed by atoms with E-state index in [0.717, 1.165) is 22.2 Å². The van der Waals surface area contributed by atoms with E-state index in [-0.39, 0.29) is 5.41 Å². The smallest absolute Gasteiger partial charge is 0.170 e. The van der Waals surface area contributed by atoms with Gasteiger partial charge in [0.2, 0.25) is 0 Å². The average Bonchev–Trinajstić information content (AvgIpc) is 3.05. The molecule has 0 amide bonds. The molecule has 4 aromatic rings. The zero-order valence-electron chi connectivity index (χ0n) is 19.4. The lowest BCUT2D eigenvalue weighted by molar-refractivity contribution is 0.484. The monoisotopic (exact) mass is 427 g/mol. The van der Waals surface area contributed by atoms with Gasteiger partial charge in [-0.25, -0.2) is 0 Å². The molecule has 5 rings (SSSR count). The number of benzene rings is 3. The quantitative estimate of drug-likeness (QED) is 0.264. The summed E-state index contributed by atoms with van der Waals surface area (Å²) < 4.78 is 7.84. The molecule has 0 aliphatic carbocycles. The summed E-state index contributed by atoms with van der Waals surface area (Å²) in [6.45, 7) is 15.6. The van der Waals surface area contributed by atoms with E-state index in [4.69, 9.17) is 4.74 Å². The number of aryl methyl sites for hydroxylation is 4. The molecule has 31 heavy (non-hydrogen) atoms. The van der Waals surface area contributed by atoms with Gasteiger partial charge in [-0.1, -0.05) is 51.1 Å². The summed E-state index contributed by atoms with van der Waals surface area (Å²) in [6.07, 6.45) is 0. The maximum absolute atomic E-state index is 6.54. The predicted octanol–water partition coefficient (Wildman–Crippen LogP) is 9.01. The van der Waals surface area contributed by atoms with E-state index in [9.17, 15) is 0 Å². The zero-order chi connectivity index (χ0) is 22.1. The van der Waals surface area contributed by atoms with Crippen molar-refractivity contribution >= 4 is 37.8 Å². The third-order valence-corrected chi connectivity index (χ3v) is 7.51. The molecule has 0 bridgehead atoms. The van der Waals surface area contributed by atoms with Gasteiger partial charge < -0.3 is 4.74 Å². The molecule has 0 N–H and O–H groups in total. The fourth-order valence-electron chi connectivity index (χ4n) is 4.54. The highest BCUT2D eigenvalue weighted by molar-refractivity contribution is 7.23. The Labute approximate surface area is 189 Å². The fourth-order valence-corrected chi connectivity index (χ4v) is 5.76. The van der Waals surface area contributed by atoms with Gasteiger partial charge in [-0.3, -0.25) is 4.90 Å². The fraction of sp³-hybridized carbons (Fsp3) is 0.286.